The highest BCUT2D eigenvalue weighted by Crippen LogP contribution is 2.22. The van der Waals surface area contributed by atoms with E-state index in [1.807, 2.05) is 12.1 Å². The van der Waals surface area contributed by atoms with Gasteiger partial charge in [0.15, 0.2) is 0 Å². The van der Waals surface area contributed by atoms with E-state index in [2.05, 4.69) is 28.4 Å². The first-order chi connectivity index (χ1) is 12.6. The lowest BCUT2D eigenvalue weighted by Crippen LogP contribution is -2.18. The van der Waals surface area contributed by atoms with E-state index in [-0.39, 0.29) is 18.2 Å². The maximum absolute atomic E-state index is 11.8. The van der Waals surface area contributed by atoms with E-state index in [1.54, 1.807) is 0 Å². The van der Waals surface area contributed by atoms with E-state index in [0.717, 1.165) is 34.7 Å². The molecule has 0 unspecified atom stereocenters. The van der Waals surface area contributed by atoms with Crippen molar-refractivity contribution in [2.45, 2.75) is 25.7 Å². The zero-order valence-electron chi connectivity index (χ0n) is 13.9. The third kappa shape index (κ3) is 2.99. The second-order valence-corrected chi connectivity index (χ2v) is 6.19. The van der Waals surface area contributed by atoms with Crippen LogP contribution in [0.4, 0.5) is 5.69 Å². The largest absolute Gasteiger partial charge is 0.492 e. The van der Waals surface area contributed by atoms with Gasteiger partial charge in [0.1, 0.15) is 0 Å². The number of aromatic nitrogens is 1. The molecule has 1 aromatic carbocycles. The number of carbonyl (C=O) groups is 1. The van der Waals surface area contributed by atoms with Crippen molar-refractivity contribution in [2.75, 3.05) is 0 Å². The first-order valence-electron chi connectivity index (χ1n) is 8.40. The molecule has 132 valence electrons. The van der Waals surface area contributed by atoms with Gasteiger partial charge in [0.25, 0.3) is 0 Å². The normalized spacial score (nSPS) is 13.6. The summed E-state index contributed by atoms with van der Waals surface area (Å²) in [6.45, 7) is 0. The number of benzene rings is 1. The van der Waals surface area contributed by atoms with Gasteiger partial charge < -0.3 is 15.1 Å². The molecule has 7 nitrogen and oxygen atoms in total. The Hall–Kier alpha value is -3.35. The van der Waals surface area contributed by atoms with E-state index in [1.165, 1.54) is 17.7 Å². The molecule has 0 fully saturated rings. The zero-order valence-corrected chi connectivity index (χ0v) is 13.9. The molecular formula is C19H17N3O4. The number of hydrogen-bond acceptors (Lipinski definition) is 6. The summed E-state index contributed by atoms with van der Waals surface area (Å²) in [4.78, 5) is 16.7. The van der Waals surface area contributed by atoms with Crippen molar-refractivity contribution in [2.24, 2.45) is 10.2 Å². The summed E-state index contributed by atoms with van der Waals surface area (Å²) in [5.74, 6) is -1.18. The Morgan fingerprint density at radius 3 is 2.73 bits per heavy atom. The molecule has 1 aliphatic heterocycles. The maximum atomic E-state index is 11.8. The number of azo groups is 1. The molecule has 4 rings (SSSR count). The maximum Gasteiger partial charge on any atom is 0.333 e. The van der Waals surface area contributed by atoms with Crippen molar-refractivity contribution in [3.05, 3.63) is 46.3 Å². The van der Waals surface area contributed by atoms with Gasteiger partial charge in [0.05, 0.1) is 11.4 Å². The smallest absolute Gasteiger partial charge is 0.333 e. The van der Waals surface area contributed by atoms with Crippen LogP contribution >= 0.6 is 0 Å². The number of rotatable bonds is 6. The Morgan fingerprint density at radius 1 is 1.12 bits per heavy atom. The molecular weight excluding hydrogens is 334 g/mol. The van der Waals surface area contributed by atoms with Gasteiger partial charge in [-0.15, -0.1) is 4.73 Å². The fraction of sp³-hybridized carbons (Fsp3) is 0.211. The summed E-state index contributed by atoms with van der Waals surface area (Å²) in [7, 11) is 0. The van der Waals surface area contributed by atoms with Gasteiger partial charge in [-0.25, -0.2) is 4.79 Å². The Balaban J connectivity index is 1.34. The van der Waals surface area contributed by atoms with Gasteiger partial charge in [-0.2, -0.15) is 10.2 Å². The standard InChI is InChI=1S/C19H17N3O4/c23-17-8-9-18(24)22(17)26-19(25)7-2-1-6-15-14-10-12-4-3-5-13(12)11-16(14)21-20-15/h3-5,8-11,23-24H,1-2,6-7H2. The average molecular weight is 351 g/mol. The summed E-state index contributed by atoms with van der Waals surface area (Å²) in [5, 5.41) is 29.6. The van der Waals surface area contributed by atoms with Crippen molar-refractivity contribution >= 4 is 29.5 Å². The number of fused-ring (bicyclic) bond motifs is 2. The molecule has 1 aliphatic carbocycles. The monoisotopic (exact) mass is 351 g/mol. The lowest BCUT2D eigenvalue weighted by molar-refractivity contribution is -0.145. The van der Waals surface area contributed by atoms with Crippen molar-refractivity contribution in [1.29, 1.82) is 0 Å². The molecule has 0 atom stereocenters. The molecule has 1 aromatic heterocycles. The van der Waals surface area contributed by atoms with Gasteiger partial charge in [-0.1, -0.05) is 18.2 Å². The first-order valence-corrected chi connectivity index (χ1v) is 8.40. The van der Waals surface area contributed by atoms with Crippen LogP contribution in [0.25, 0.3) is 17.8 Å². The van der Waals surface area contributed by atoms with Crippen LogP contribution in [-0.4, -0.2) is 20.9 Å². The van der Waals surface area contributed by atoms with Crippen LogP contribution in [0.1, 0.15) is 31.2 Å². The molecule has 2 aliphatic rings. The minimum Gasteiger partial charge on any atom is -0.492 e. The summed E-state index contributed by atoms with van der Waals surface area (Å²) in [6.07, 6.45) is 8.39. The van der Waals surface area contributed by atoms with E-state index in [9.17, 15) is 15.0 Å². The fourth-order valence-corrected chi connectivity index (χ4v) is 3.04. The first kappa shape index (κ1) is 16.1. The van der Waals surface area contributed by atoms with Crippen LogP contribution < -0.4 is 15.3 Å². The van der Waals surface area contributed by atoms with E-state index < -0.39 is 5.97 Å². The molecule has 2 heterocycles. The van der Waals surface area contributed by atoms with Gasteiger partial charge in [0, 0.05) is 23.8 Å². The molecule has 2 N–H and O–H groups in total. The number of allylic oxidation sites excluding steroid dienone is 1. The van der Waals surface area contributed by atoms with Crippen LogP contribution in [0.15, 0.2) is 40.6 Å². The predicted molar refractivity (Wildman–Crippen MR) is 94.9 cm³/mol. The van der Waals surface area contributed by atoms with Crippen LogP contribution in [0.2, 0.25) is 0 Å². The molecule has 26 heavy (non-hydrogen) atoms. The number of unbranched alkanes of at least 4 members (excludes halogenated alkanes) is 1. The van der Waals surface area contributed by atoms with Crippen LogP contribution in [0, 0.1) is 0 Å². The Kier molecular flexibility index (Phi) is 4.04. The molecule has 0 saturated heterocycles. The SMILES string of the molecule is O=C(CCCCC1=c2cc3c(cc2N=N1)=CC=C3)On1c(O)ccc1O. The van der Waals surface area contributed by atoms with Gasteiger partial charge in [-0.3, -0.25) is 0 Å². The van der Waals surface area contributed by atoms with Crippen molar-refractivity contribution < 1.29 is 19.8 Å². The van der Waals surface area contributed by atoms with E-state index in [0.29, 0.717) is 11.2 Å². The highest BCUT2D eigenvalue weighted by atomic mass is 16.7. The Bertz CT molecular complexity index is 1040. The summed E-state index contributed by atoms with van der Waals surface area (Å²) in [6, 6.07) is 6.62. The second kappa shape index (κ2) is 6.51. The topological polar surface area (TPSA) is 96.4 Å². The lowest BCUT2D eigenvalue weighted by Gasteiger charge is -2.06. The molecule has 0 bridgehead atoms. The number of carbonyl (C=O) groups excluding carboxylic acids is 1. The number of hydrogen-bond donors (Lipinski definition) is 2. The van der Waals surface area contributed by atoms with Gasteiger partial charge >= 0.3 is 5.97 Å². The minimum atomic E-state index is -0.524. The number of aromatic hydroxyl groups is 2. The summed E-state index contributed by atoms with van der Waals surface area (Å²) >= 11 is 0. The molecule has 0 amide bonds. The average Bonchev–Trinajstić information content (AvgIpc) is 3.32. The molecule has 2 aromatic rings. The highest BCUT2D eigenvalue weighted by molar-refractivity contribution is 5.71. The molecule has 7 heteroatoms. The molecule has 0 radical (unpaired) electrons. The Morgan fingerprint density at radius 2 is 1.92 bits per heavy atom. The van der Waals surface area contributed by atoms with Crippen molar-refractivity contribution in [3.8, 4) is 11.8 Å². The third-order valence-electron chi connectivity index (χ3n) is 4.38. The van der Waals surface area contributed by atoms with Crippen LogP contribution in [0.3, 0.4) is 0 Å². The van der Waals surface area contributed by atoms with E-state index in [4.69, 9.17) is 4.84 Å². The van der Waals surface area contributed by atoms with Crippen molar-refractivity contribution in [3.63, 3.8) is 0 Å². The third-order valence-corrected chi connectivity index (χ3v) is 4.38. The Labute approximate surface area is 148 Å². The fourth-order valence-electron chi connectivity index (χ4n) is 3.04. The molecule has 0 saturated carbocycles. The quantitative estimate of drug-likeness (QED) is 0.779. The van der Waals surface area contributed by atoms with E-state index >= 15 is 0 Å². The highest BCUT2D eigenvalue weighted by Gasteiger charge is 2.14. The second-order valence-electron chi connectivity index (χ2n) is 6.19. The summed E-state index contributed by atoms with van der Waals surface area (Å²) < 4.78 is 0.698. The summed E-state index contributed by atoms with van der Waals surface area (Å²) in [5.41, 5.74) is 2.98. The predicted octanol–water partition coefficient (Wildman–Crippen LogP) is 2.13. The van der Waals surface area contributed by atoms with Gasteiger partial charge in [-0.05, 0) is 42.2 Å². The van der Waals surface area contributed by atoms with Crippen molar-refractivity contribution in [1.82, 2.24) is 4.73 Å². The molecule has 0 spiro atoms. The lowest BCUT2D eigenvalue weighted by atomic mass is 10.1. The minimum absolute atomic E-state index is 0.177. The number of nitrogens with zero attached hydrogens (tertiary/aromatic N) is 3. The van der Waals surface area contributed by atoms with Crippen LogP contribution in [0.5, 0.6) is 11.8 Å². The van der Waals surface area contributed by atoms with Crippen LogP contribution in [-0.2, 0) is 4.79 Å². The zero-order chi connectivity index (χ0) is 18.1. The van der Waals surface area contributed by atoms with Gasteiger partial charge in [0.2, 0.25) is 11.8 Å².